The van der Waals surface area contributed by atoms with Gasteiger partial charge in [0.25, 0.3) is 0 Å². The first-order valence-electron chi connectivity index (χ1n) is 13.5. The molecule has 5 rings (SSSR count). The highest BCUT2D eigenvalue weighted by Crippen LogP contribution is 2.24. The number of nitrogens with one attached hydrogen (secondary N) is 1. The van der Waals surface area contributed by atoms with Crippen LogP contribution in [-0.4, -0.2) is 49.4 Å². The van der Waals surface area contributed by atoms with Gasteiger partial charge in [-0.1, -0.05) is 31.2 Å². The average Bonchev–Trinajstić information content (AvgIpc) is 3.70. The fraction of sp³-hybridized carbons (Fsp3) is 0.258. The number of sulfone groups is 1. The number of nitriles is 1. The second-order valence-electron chi connectivity index (χ2n) is 9.94. The third kappa shape index (κ3) is 6.58. The number of rotatable bonds is 9. The Balaban J connectivity index is 1.14. The molecule has 0 spiro atoms. The maximum atomic E-state index is 12.7. The number of hydrogen-bond acceptors (Lipinski definition) is 7. The second kappa shape index (κ2) is 12.3. The molecule has 2 heterocycles. The summed E-state index contributed by atoms with van der Waals surface area (Å²) in [5.41, 5.74) is 3.55. The molecule has 1 aromatic heterocycles. The first-order valence-corrected chi connectivity index (χ1v) is 15.1. The summed E-state index contributed by atoms with van der Waals surface area (Å²) >= 11 is 0. The third-order valence-electron chi connectivity index (χ3n) is 7.25. The molecule has 1 amide bonds. The quantitative estimate of drug-likeness (QED) is 0.305. The molecule has 1 N–H and O–H groups in total. The van der Waals surface area contributed by atoms with Gasteiger partial charge in [0.1, 0.15) is 18.7 Å². The Morgan fingerprint density at radius 1 is 1.12 bits per heavy atom. The Morgan fingerprint density at radius 3 is 2.63 bits per heavy atom. The minimum atomic E-state index is -3.39. The van der Waals surface area contributed by atoms with Gasteiger partial charge >= 0.3 is 6.03 Å². The largest absolute Gasteiger partial charge is 0.489 e. The normalized spacial score (nSPS) is 14.9. The molecule has 3 aromatic carbocycles. The van der Waals surface area contributed by atoms with Crippen molar-refractivity contribution in [2.24, 2.45) is 5.92 Å². The minimum absolute atomic E-state index is 0.0303. The summed E-state index contributed by atoms with van der Waals surface area (Å²) in [6, 6.07) is 23.9. The highest BCUT2D eigenvalue weighted by atomic mass is 32.2. The zero-order chi connectivity index (χ0) is 28.8. The predicted octanol–water partition coefficient (Wildman–Crippen LogP) is 4.88. The lowest BCUT2D eigenvalue weighted by Gasteiger charge is -2.18. The molecule has 1 atom stereocenters. The number of carbonyl (C=O) groups excluding carboxylic acids is 1. The molecule has 0 radical (unpaired) electrons. The van der Waals surface area contributed by atoms with Crippen molar-refractivity contribution in [1.82, 2.24) is 14.9 Å². The lowest BCUT2D eigenvalue weighted by Crippen LogP contribution is -2.33. The van der Waals surface area contributed by atoms with Crippen LogP contribution in [0.4, 0.5) is 10.5 Å². The van der Waals surface area contributed by atoms with Crippen molar-refractivity contribution in [3.8, 4) is 23.1 Å². The predicted molar refractivity (Wildman–Crippen MR) is 156 cm³/mol. The zero-order valence-corrected chi connectivity index (χ0v) is 23.5. The van der Waals surface area contributed by atoms with Crippen LogP contribution < -0.4 is 15.0 Å². The molecule has 1 aliphatic rings. The van der Waals surface area contributed by atoms with Crippen molar-refractivity contribution in [2.75, 3.05) is 30.3 Å². The molecule has 210 valence electrons. The van der Waals surface area contributed by atoms with Crippen molar-refractivity contribution in [3.05, 3.63) is 96.4 Å². The Morgan fingerprint density at radius 2 is 1.90 bits per heavy atom. The maximum absolute atomic E-state index is 12.7. The van der Waals surface area contributed by atoms with Gasteiger partial charge in [-0.25, -0.2) is 18.2 Å². The van der Waals surface area contributed by atoms with Gasteiger partial charge in [-0.2, -0.15) is 5.26 Å². The Hall–Kier alpha value is -4.62. The van der Waals surface area contributed by atoms with Gasteiger partial charge in [-0.3, -0.25) is 4.57 Å². The number of aromatic nitrogens is 2. The van der Waals surface area contributed by atoms with Crippen molar-refractivity contribution in [1.29, 1.82) is 5.26 Å². The fourth-order valence-corrected chi connectivity index (χ4v) is 5.71. The van der Waals surface area contributed by atoms with Crippen LogP contribution in [0.1, 0.15) is 24.5 Å². The van der Waals surface area contributed by atoms with Crippen molar-refractivity contribution in [2.45, 2.75) is 24.8 Å². The van der Waals surface area contributed by atoms with E-state index in [4.69, 9.17) is 4.74 Å². The lowest BCUT2D eigenvalue weighted by molar-refractivity contribution is 0.240. The maximum Gasteiger partial charge on any atom is 0.326 e. The number of anilines is 1. The van der Waals surface area contributed by atoms with Gasteiger partial charge in [0.05, 0.1) is 28.0 Å². The molecule has 1 saturated heterocycles. The monoisotopic (exact) mass is 569 g/mol. The Kier molecular flexibility index (Phi) is 8.36. The highest BCUT2D eigenvalue weighted by Gasteiger charge is 2.23. The number of benzene rings is 3. The number of ether oxygens (including phenoxy) is 1. The summed E-state index contributed by atoms with van der Waals surface area (Å²) in [5.74, 6) is 0.944. The SMILES string of the molecule is CCS(=O)(=O)c1ccc(COc2ccc(-c3cn(C(=O)NCC4CCN(c5ccccc5)C4)cn3)cc2)c(C#N)c1. The fourth-order valence-electron chi connectivity index (χ4n) is 4.81. The van der Waals surface area contributed by atoms with E-state index in [0.29, 0.717) is 29.5 Å². The van der Waals surface area contributed by atoms with Crippen molar-refractivity contribution >= 4 is 21.6 Å². The molecular weight excluding hydrogens is 538 g/mol. The van der Waals surface area contributed by atoms with E-state index in [1.807, 2.05) is 30.3 Å². The van der Waals surface area contributed by atoms with Crippen LogP contribution in [0.5, 0.6) is 5.75 Å². The molecule has 0 bridgehead atoms. The molecule has 1 fully saturated rings. The van der Waals surface area contributed by atoms with Gasteiger partial charge in [0, 0.05) is 42.6 Å². The molecule has 41 heavy (non-hydrogen) atoms. The van der Waals surface area contributed by atoms with Gasteiger partial charge in [-0.05, 0) is 60.9 Å². The number of nitrogens with zero attached hydrogens (tertiary/aromatic N) is 4. The average molecular weight is 570 g/mol. The summed E-state index contributed by atoms with van der Waals surface area (Å²) < 4.78 is 31.5. The van der Waals surface area contributed by atoms with Gasteiger partial charge in [0.2, 0.25) is 0 Å². The van der Waals surface area contributed by atoms with E-state index in [2.05, 4.69) is 33.4 Å². The molecule has 9 nitrogen and oxygen atoms in total. The smallest absolute Gasteiger partial charge is 0.326 e. The van der Waals surface area contributed by atoms with E-state index in [-0.39, 0.29) is 28.8 Å². The summed E-state index contributed by atoms with van der Waals surface area (Å²) in [6.45, 7) is 4.18. The van der Waals surface area contributed by atoms with E-state index in [1.54, 1.807) is 31.3 Å². The number of imidazole rings is 1. The van der Waals surface area contributed by atoms with E-state index < -0.39 is 9.84 Å². The van der Waals surface area contributed by atoms with Crippen LogP contribution in [0, 0.1) is 17.2 Å². The standard InChI is InChI=1S/C31H31N5O4S/c1-2-41(38,39)29-13-10-25(26(16-29)17-32)21-40-28-11-8-24(9-12-28)30-20-36(22-34-30)31(37)33-18-23-14-15-35(19-23)27-6-4-3-5-7-27/h3-13,16,20,22-23H,2,14-15,18-19,21H2,1H3,(H,33,37). The van der Waals surface area contributed by atoms with Crippen molar-refractivity contribution < 1.29 is 17.9 Å². The van der Waals surface area contributed by atoms with E-state index in [0.717, 1.165) is 25.1 Å². The number of para-hydroxylation sites is 1. The Labute approximate surface area is 239 Å². The highest BCUT2D eigenvalue weighted by molar-refractivity contribution is 7.91. The lowest BCUT2D eigenvalue weighted by atomic mass is 10.1. The number of hydrogen-bond donors (Lipinski definition) is 1. The van der Waals surface area contributed by atoms with Gasteiger partial charge < -0.3 is 15.0 Å². The Bertz CT molecular complexity index is 1660. The van der Waals surface area contributed by atoms with E-state index in [9.17, 15) is 18.5 Å². The van der Waals surface area contributed by atoms with E-state index in [1.165, 1.54) is 28.7 Å². The molecule has 1 unspecified atom stereocenters. The van der Waals surface area contributed by atoms with Crippen LogP contribution in [0.15, 0.2) is 90.2 Å². The van der Waals surface area contributed by atoms with Gasteiger partial charge in [-0.15, -0.1) is 0 Å². The molecule has 0 saturated carbocycles. The topological polar surface area (TPSA) is 117 Å². The first-order chi connectivity index (χ1) is 19.9. The first kappa shape index (κ1) is 27.9. The number of amides is 1. The summed E-state index contributed by atoms with van der Waals surface area (Å²) in [5, 5.41) is 12.5. The zero-order valence-electron chi connectivity index (χ0n) is 22.7. The summed E-state index contributed by atoms with van der Waals surface area (Å²) in [6.07, 6.45) is 4.23. The molecule has 0 aliphatic carbocycles. The van der Waals surface area contributed by atoms with Crippen LogP contribution in [-0.2, 0) is 16.4 Å². The third-order valence-corrected chi connectivity index (χ3v) is 8.98. The van der Waals surface area contributed by atoms with Crippen molar-refractivity contribution in [3.63, 3.8) is 0 Å². The van der Waals surface area contributed by atoms with Crippen LogP contribution in [0.3, 0.4) is 0 Å². The molecule has 4 aromatic rings. The molecule has 1 aliphatic heterocycles. The number of carbonyl (C=O) groups is 1. The van der Waals surface area contributed by atoms with Crippen LogP contribution in [0.25, 0.3) is 11.3 Å². The summed E-state index contributed by atoms with van der Waals surface area (Å²) in [4.78, 5) is 19.6. The van der Waals surface area contributed by atoms with Gasteiger partial charge in [0.15, 0.2) is 9.84 Å². The molecular formula is C31H31N5O4S. The van der Waals surface area contributed by atoms with Crippen LogP contribution >= 0.6 is 0 Å². The van der Waals surface area contributed by atoms with E-state index >= 15 is 0 Å². The van der Waals surface area contributed by atoms with Crippen LogP contribution in [0.2, 0.25) is 0 Å². The molecule has 10 heteroatoms. The summed E-state index contributed by atoms with van der Waals surface area (Å²) in [7, 11) is -3.39. The minimum Gasteiger partial charge on any atom is -0.489 e. The second-order valence-corrected chi connectivity index (χ2v) is 12.2.